The van der Waals surface area contributed by atoms with Crippen LogP contribution in [-0.2, 0) is 11.2 Å². The van der Waals surface area contributed by atoms with Gasteiger partial charge in [-0.1, -0.05) is 42.5 Å². The number of esters is 1. The molecule has 0 saturated heterocycles. The molecule has 0 aliphatic heterocycles. The van der Waals surface area contributed by atoms with Crippen LogP contribution in [0.4, 0.5) is 0 Å². The van der Waals surface area contributed by atoms with Gasteiger partial charge in [-0.05, 0) is 24.1 Å². The topological polar surface area (TPSA) is 43.4 Å². The molecule has 2 aromatic carbocycles. The lowest BCUT2D eigenvalue weighted by molar-refractivity contribution is -0.139. The minimum absolute atomic E-state index is 0.0156. The molecule has 3 nitrogen and oxygen atoms in total. The van der Waals surface area contributed by atoms with Crippen molar-refractivity contribution < 1.29 is 14.3 Å². The van der Waals surface area contributed by atoms with E-state index in [2.05, 4.69) is 0 Å². The Morgan fingerprint density at radius 1 is 0.950 bits per heavy atom. The summed E-state index contributed by atoms with van der Waals surface area (Å²) < 4.78 is 5.33. The minimum atomic E-state index is -0.391. The van der Waals surface area contributed by atoms with Crippen LogP contribution in [0.1, 0.15) is 22.3 Å². The van der Waals surface area contributed by atoms with E-state index in [4.69, 9.17) is 4.74 Å². The van der Waals surface area contributed by atoms with Crippen LogP contribution >= 0.6 is 0 Å². The van der Waals surface area contributed by atoms with E-state index >= 15 is 0 Å². The van der Waals surface area contributed by atoms with E-state index in [1.165, 1.54) is 0 Å². The van der Waals surface area contributed by atoms with E-state index in [0.717, 1.165) is 11.1 Å². The Bertz CT molecular complexity index is 646. The highest BCUT2D eigenvalue weighted by molar-refractivity contribution is 6.01. The first-order chi connectivity index (χ1) is 9.74. The summed E-state index contributed by atoms with van der Waals surface area (Å²) in [7, 11) is 0. The van der Waals surface area contributed by atoms with Crippen LogP contribution < -0.4 is 4.74 Å². The quantitative estimate of drug-likeness (QED) is 0.620. The highest BCUT2D eigenvalue weighted by Gasteiger charge is 2.30. The summed E-state index contributed by atoms with van der Waals surface area (Å²) in [5, 5.41) is 0. The predicted octanol–water partition coefficient (Wildman–Crippen LogP) is 3.04. The monoisotopic (exact) mass is 266 g/mol. The molecular formula is C17H14O3. The lowest BCUT2D eigenvalue weighted by Crippen LogP contribution is -2.29. The van der Waals surface area contributed by atoms with Gasteiger partial charge in [0.05, 0.1) is 5.92 Å². The molecule has 0 spiro atoms. The molecule has 0 radical (unpaired) electrons. The van der Waals surface area contributed by atoms with Gasteiger partial charge in [0.25, 0.3) is 0 Å². The fraction of sp³-hybridized carbons (Fsp3) is 0.176. The molecule has 2 aromatic rings. The standard InChI is InChI=1S/C17H14O3/c18-16-11-13(10-12-6-4-5-9-15(12)16)17(19)20-14-7-2-1-3-8-14/h1-9,13H,10-11H2. The summed E-state index contributed by atoms with van der Waals surface area (Å²) in [5.41, 5.74) is 1.66. The van der Waals surface area contributed by atoms with Crippen LogP contribution in [0.15, 0.2) is 54.6 Å². The number of ether oxygens (including phenoxy) is 1. The molecular weight excluding hydrogens is 252 g/mol. The largest absolute Gasteiger partial charge is 0.426 e. The van der Waals surface area contributed by atoms with Gasteiger partial charge in [0.15, 0.2) is 5.78 Å². The fourth-order valence-corrected chi connectivity index (χ4v) is 2.50. The maximum atomic E-state index is 12.1. The van der Waals surface area contributed by atoms with E-state index in [9.17, 15) is 9.59 Å². The first kappa shape index (κ1) is 12.6. The molecule has 1 aliphatic rings. The van der Waals surface area contributed by atoms with Crippen LogP contribution in [0.3, 0.4) is 0 Å². The highest BCUT2D eigenvalue weighted by atomic mass is 16.5. The second-order valence-electron chi connectivity index (χ2n) is 4.92. The minimum Gasteiger partial charge on any atom is -0.426 e. The third kappa shape index (κ3) is 2.48. The summed E-state index contributed by atoms with van der Waals surface area (Å²) in [6.07, 6.45) is 0.788. The summed E-state index contributed by atoms with van der Waals surface area (Å²) in [4.78, 5) is 24.2. The third-order valence-electron chi connectivity index (χ3n) is 3.51. The van der Waals surface area contributed by atoms with Crippen molar-refractivity contribution >= 4 is 11.8 Å². The normalized spacial score (nSPS) is 17.4. The first-order valence-corrected chi connectivity index (χ1v) is 6.62. The molecule has 1 unspecified atom stereocenters. The Morgan fingerprint density at radius 2 is 1.65 bits per heavy atom. The second-order valence-corrected chi connectivity index (χ2v) is 4.92. The summed E-state index contributed by atoms with van der Waals surface area (Å²) in [6.45, 7) is 0. The maximum absolute atomic E-state index is 12.1. The molecule has 0 heterocycles. The Hall–Kier alpha value is -2.42. The van der Waals surface area contributed by atoms with Crippen LogP contribution in [0.25, 0.3) is 0 Å². The molecule has 1 aliphatic carbocycles. The zero-order valence-corrected chi connectivity index (χ0v) is 10.9. The van der Waals surface area contributed by atoms with Gasteiger partial charge in [0.1, 0.15) is 5.75 Å². The molecule has 20 heavy (non-hydrogen) atoms. The SMILES string of the molecule is O=C1CC(C(=O)Oc2ccccc2)Cc2ccccc21. The number of hydrogen-bond acceptors (Lipinski definition) is 3. The van der Waals surface area contributed by atoms with Gasteiger partial charge in [-0.2, -0.15) is 0 Å². The molecule has 0 amide bonds. The molecule has 0 N–H and O–H groups in total. The number of benzene rings is 2. The Morgan fingerprint density at radius 3 is 2.45 bits per heavy atom. The van der Waals surface area contributed by atoms with Crippen molar-refractivity contribution in [2.24, 2.45) is 5.92 Å². The molecule has 0 fully saturated rings. The summed E-state index contributed by atoms with van der Waals surface area (Å²) >= 11 is 0. The number of fused-ring (bicyclic) bond motifs is 1. The number of carbonyl (C=O) groups is 2. The summed E-state index contributed by atoms with van der Waals surface area (Å²) in [6, 6.07) is 16.4. The maximum Gasteiger partial charge on any atom is 0.315 e. The van der Waals surface area contributed by atoms with Crippen molar-refractivity contribution in [1.29, 1.82) is 0 Å². The lowest BCUT2D eigenvalue weighted by Gasteiger charge is -2.22. The first-order valence-electron chi connectivity index (χ1n) is 6.62. The molecule has 0 saturated carbocycles. The van der Waals surface area contributed by atoms with E-state index in [1.807, 2.05) is 42.5 Å². The number of ketones is 1. The number of hydrogen-bond donors (Lipinski definition) is 0. The van der Waals surface area contributed by atoms with Crippen molar-refractivity contribution in [1.82, 2.24) is 0 Å². The predicted molar refractivity (Wildman–Crippen MR) is 74.7 cm³/mol. The number of para-hydroxylation sites is 1. The number of Topliss-reactive ketones (excluding diaryl/α,β-unsaturated/α-hetero) is 1. The van der Waals surface area contributed by atoms with Crippen LogP contribution in [0.5, 0.6) is 5.75 Å². The van der Waals surface area contributed by atoms with E-state index < -0.39 is 5.92 Å². The Labute approximate surface area is 117 Å². The van der Waals surface area contributed by atoms with Crippen molar-refractivity contribution in [2.75, 3.05) is 0 Å². The molecule has 100 valence electrons. The van der Waals surface area contributed by atoms with Gasteiger partial charge in [-0.25, -0.2) is 0 Å². The van der Waals surface area contributed by atoms with Crippen molar-refractivity contribution in [3.63, 3.8) is 0 Å². The molecule has 0 bridgehead atoms. The van der Waals surface area contributed by atoms with Crippen LogP contribution in [0, 0.1) is 5.92 Å². The highest BCUT2D eigenvalue weighted by Crippen LogP contribution is 2.26. The molecule has 1 atom stereocenters. The van der Waals surface area contributed by atoms with Gasteiger partial charge >= 0.3 is 5.97 Å². The van der Waals surface area contributed by atoms with Gasteiger partial charge in [-0.3, -0.25) is 9.59 Å². The van der Waals surface area contributed by atoms with Crippen molar-refractivity contribution in [3.8, 4) is 5.75 Å². The Kier molecular flexibility index (Phi) is 3.33. The number of rotatable bonds is 2. The zero-order valence-electron chi connectivity index (χ0n) is 10.9. The van der Waals surface area contributed by atoms with E-state index in [1.54, 1.807) is 12.1 Å². The fourth-order valence-electron chi connectivity index (χ4n) is 2.50. The van der Waals surface area contributed by atoms with Crippen molar-refractivity contribution in [3.05, 3.63) is 65.7 Å². The zero-order chi connectivity index (χ0) is 13.9. The second kappa shape index (κ2) is 5.29. The molecule has 3 heteroatoms. The van der Waals surface area contributed by atoms with E-state index in [0.29, 0.717) is 12.2 Å². The van der Waals surface area contributed by atoms with Gasteiger partial charge in [-0.15, -0.1) is 0 Å². The average molecular weight is 266 g/mol. The smallest absolute Gasteiger partial charge is 0.315 e. The average Bonchev–Trinajstić information content (AvgIpc) is 2.48. The van der Waals surface area contributed by atoms with Crippen LogP contribution in [-0.4, -0.2) is 11.8 Å². The third-order valence-corrected chi connectivity index (χ3v) is 3.51. The summed E-state index contributed by atoms with van der Waals surface area (Å²) in [5.74, 6) is -0.192. The molecule has 0 aromatic heterocycles. The number of carbonyl (C=O) groups excluding carboxylic acids is 2. The molecule has 3 rings (SSSR count). The van der Waals surface area contributed by atoms with Crippen LogP contribution in [0.2, 0.25) is 0 Å². The van der Waals surface area contributed by atoms with Crippen molar-refractivity contribution in [2.45, 2.75) is 12.8 Å². The van der Waals surface area contributed by atoms with Gasteiger partial charge < -0.3 is 4.74 Å². The van der Waals surface area contributed by atoms with Gasteiger partial charge in [0, 0.05) is 12.0 Å². The Balaban J connectivity index is 1.76. The van der Waals surface area contributed by atoms with Gasteiger partial charge in [0.2, 0.25) is 0 Å². The lowest BCUT2D eigenvalue weighted by atomic mass is 9.83. The van der Waals surface area contributed by atoms with E-state index in [-0.39, 0.29) is 18.2 Å².